The lowest BCUT2D eigenvalue weighted by Crippen LogP contribution is -2.60. The average Bonchev–Trinajstić information content (AvgIpc) is 2.91. The monoisotopic (exact) mass is 325 g/mol. The van der Waals surface area contributed by atoms with Crippen molar-refractivity contribution in [2.45, 2.75) is 56.8 Å². The van der Waals surface area contributed by atoms with Crippen LogP contribution in [-0.2, 0) is 0 Å². The molecular formula is C15H21ClFN5. The Morgan fingerprint density at radius 3 is 3.05 bits per heavy atom. The summed E-state index contributed by atoms with van der Waals surface area (Å²) in [6.07, 6.45) is 4.93. The lowest BCUT2D eigenvalue weighted by Gasteiger charge is -2.52. The average molecular weight is 326 g/mol. The Labute approximate surface area is 135 Å². The van der Waals surface area contributed by atoms with Crippen molar-refractivity contribution in [1.82, 2.24) is 14.9 Å². The first-order valence-electron chi connectivity index (χ1n) is 7.56. The molecule has 3 rings (SSSR count). The number of aliphatic imine (C=N–C) groups is 1. The molecule has 0 saturated carbocycles. The third kappa shape index (κ3) is 2.70. The van der Waals surface area contributed by atoms with E-state index in [1.165, 1.54) is 6.42 Å². The topological polar surface area (TPSA) is 53.4 Å². The second-order valence-electron chi connectivity index (χ2n) is 6.83. The molecule has 0 aliphatic carbocycles. The molecule has 3 heterocycles. The molecule has 1 N–H and O–H groups in total. The number of anilines is 1. The number of hydrogen-bond donors (Lipinski definition) is 1. The molecule has 1 aromatic rings. The van der Waals surface area contributed by atoms with Crippen LogP contribution in [0.4, 0.5) is 10.2 Å². The van der Waals surface area contributed by atoms with E-state index in [1.807, 2.05) is 0 Å². The summed E-state index contributed by atoms with van der Waals surface area (Å²) in [5.74, 6) is -0.436. The highest BCUT2D eigenvalue weighted by molar-refractivity contribution is 6.28. The normalized spacial score (nSPS) is 30.8. The molecule has 2 fully saturated rings. The molecule has 0 spiro atoms. The fraction of sp³-hybridized carbons (Fsp3) is 0.667. The minimum atomic E-state index is -0.631. The number of rotatable bonds is 3. The zero-order valence-corrected chi connectivity index (χ0v) is 13.7. The Balaban J connectivity index is 1.92. The Morgan fingerprint density at radius 1 is 1.55 bits per heavy atom. The van der Waals surface area contributed by atoms with Gasteiger partial charge in [-0.05, 0) is 51.6 Å². The first-order chi connectivity index (χ1) is 10.4. The first-order valence-corrected chi connectivity index (χ1v) is 7.94. The first kappa shape index (κ1) is 15.6. The van der Waals surface area contributed by atoms with Gasteiger partial charge in [0.2, 0.25) is 5.28 Å². The van der Waals surface area contributed by atoms with E-state index in [1.54, 1.807) is 0 Å². The van der Waals surface area contributed by atoms with Crippen molar-refractivity contribution in [1.29, 1.82) is 0 Å². The summed E-state index contributed by atoms with van der Waals surface area (Å²) in [5.41, 5.74) is -0.658. The molecule has 1 aromatic heterocycles. The Kier molecular flexibility index (Phi) is 3.85. The van der Waals surface area contributed by atoms with Crippen molar-refractivity contribution in [3.05, 3.63) is 17.3 Å². The van der Waals surface area contributed by atoms with Gasteiger partial charge >= 0.3 is 0 Å². The highest BCUT2D eigenvalue weighted by Crippen LogP contribution is 2.44. The van der Waals surface area contributed by atoms with Gasteiger partial charge in [-0.2, -0.15) is 4.98 Å². The van der Waals surface area contributed by atoms with E-state index in [4.69, 9.17) is 11.6 Å². The third-order valence-electron chi connectivity index (χ3n) is 4.82. The number of piperidine rings is 1. The Hall–Kier alpha value is -1.27. The van der Waals surface area contributed by atoms with Crippen molar-refractivity contribution in [2.75, 3.05) is 11.9 Å². The lowest BCUT2D eigenvalue weighted by atomic mass is 9.79. The van der Waals surface area contributed by atoms with E-state index in [9.17, 15) is 4.39 Å². The molecule has 0 radical (unpaired) electrons. The molecule has 120 valence electrons. The smallest absolute Gasteiger partial charge is 0.224 e. The van der Waals surface area contributed by atoms with Crippen LogP contribution in [-0.4, -0.2) is 45.4 Å². The molecule has 0 bridgehead atoms. The van der Waals surface area contributed by atoms with Crippen LogP contribution in [0.3, 0.4) is 0 Å². The molecule has 22 heavy (non-hydrogen) atoms. The van der Waals surface area contributed by atoms with E-state index in [2.05, 4.69) is 45.7 Å². The predicted octanol–water partition coefficient (Wildman–Crippen LogP) is 3.11. The van der Waals surface area contributed by atoms with Crippen molar-refractivity contribution >= 4 is 24.1 Å². The van der Waals surface area contributed by atoms with Gasteiger partial charge < -0.3 is 5.32 Å². The predicted molar refractivity (Wildman–Crippen MR) is 85.9 cm³/mol. The number of aromatic nitrogens is 2. The van der Waals surface area contributed by atoms with Gasteiger partial charge in [-0.25, -0.2) is 9.37 Å². The van der Waals surface area contributed by atoms with Gasteiger partial charge in [-0.3, -0.25) is 9.89 Å². The van der Waals surface area contributed by atoms with Gasteiger partial charge in [0.25, 0.3) is 0 Å². The molecule has 7 heteroatoms. The Morgan fingerprint density at radius 2 is 2.32 bits per heavy atom. The molecule has 0 unspecified atom stereocenters. The van der Waals surface area contributed by atoms with E-state index in [-0.39, 0.29) is 16.6 Å². The third-order valence-corrected chi connectivity index (χ3v) is 5.00. The highest BCUT2D eigenvalue weighted by Gasteiger charge is 2.50. The number of nitrogens with zero attached hydrogens (tertiary/aromatic N) is 4. The van der Waals surface area contributed by atoms with Crippen molar-refractivity contribution in [3.8, 4) is 0 Å². The van der Waals surface area contributed by atoms with Gasteiger partial charge in [0.15, 0.2) is 11.6 Å². The van der Waals surface area contributed by atoms with Crippen LogP contribution in [0.25, 0.3) is 0 Å². The molecule has 2 atom stereocenters. The lowest BCUT2D eigenvalue weighted by molar-refractivity contribution is 0.0223. The minimum Gasteiger partial charge on any atom is -0.343 e. The van der Waals surface area contributed by atoms with Crippen LogP contribution in [0, 0.1) is 5.82 Å². The molecule has 2 aliphatic heterocycles. The maximum absolute atomic E-state index is 14.0. The molecule has 5 nitrogen and oxygen atoms in total. The molecule has 2 saturated heterocycles. The fourth-order valence-corrected chi connectivity index (χ4v) is 4.17. The summed E-state index contributed by atoms with van der Waals surface area (Å²) in [4.78, 5) is 14.5. The second kappa shape index (κ2) is 5.42. The van der Waals surface area contributed by atoms with E-state index >= 15 is 0 Å². The van der Waals surface area contributed by atoms with E-state index in [0.29, 0.717) is 6.04 Å². The molecule has 2 aliphatic rings. The fourth-order valence-electron chi connectivity index (χ4n) is 4.03. The largest absolute Gasteiger partial charge is 0.343 e. The van der Waals surface area contributed by atoms with Crippen LogP contribution < -0.4 is 5.32 Å². The SMILES string of the molecule is C=N[C@]1(Nc2nc(Cl)ncc2F)C[C@@H]2CCCN2C(C)(C)C1. The van der Waals surface area contributed by atoms with Crippen LogP contribution >= 0.6 is 11.6 Å². The van der Waals surface area contributed by atoms with Gasteiger partial charge in [0.05, 0.1) is 6.20 Å². The van der Waals surface area contributed by atoms with Crippen molar-refractivity contribution < 1.29 is 4.39 Å². The van der Waals surface area contributed by atoms with Gasteiger partial charge in [0.1, 0.15) is 5.66 Å². The van der Waals surface area contributed by atoms with Gasteiger partial charge in [0, 0.05) is 24.4 Å². The zero-order chi connectivity index (χ0) is 16.0. The summed E-state index contributed by atoms with van der Waals surface area (Å²) in [5, 5.41) is 3.17. The van der Waals surface area contributed by atoms with E-state index in [0.717, 1.165) is 32.0 Å². The van der Waals surface area contributed by atoms with Gasteiger partial charge in [-0.1, -0.05) is 0 Å². The van der Waals surface area contributed by atoms with Crippen molar-refractivity contribution in [3.63, 3.8) is 0 Å². The number of nitrogens with one attached hydrogen (secondary N) is 1. The quantitative estimate of drug-likeness (QED) is 0.685. The van der Waals surface area contributed by atoms with Crippen molar-refractivity contribution in [2.24, 2.45) is 4.99 Å². The van der Waals surface area contributed by atoms with Gasteiger partial charge in [-0.15, -0.1) is 0 Å². The number of fused-ring (bicyclic) bond motifs is 1. The summed E-state index contributed by atoms with van der Waals surface area (Å²) in [7, 11) is 0. The standard InChI is InChI=1S/C15H21ClFN5/c1-14(2)9-15(18-3,7-10-5-4-6-22(10)14)21-12-11(17)8-19-13(16)20-12/h8,10H,3-7,9H2,1-2H3,(H,19,20,21)/t10-,15-/m0/s1. The van der Waals surface area contributed by atoms with E-state index < -0.39 is 11.5 Å². The van der Waals surface area contributed by atoms with Crippen LogP contribution in [0.15, 0.2) is 11.2 Å². The maximum Gasteiger partial charge on any atom is 0.224 e. The summed E-state index contributed by atoms with van der Waals surface area (Å²) < 4.78 is 14.0. The van der Waals surface area contributed by atoms with Crippen LogP contribution in [0.2, 0.25) is 5.28 Å². The Bertz CT molecular complexity index is 593. The number of halogens is 2. The minimum absolute atomic E-state index is 0.0145. The zero-order valence-electron chi connectivity index (χ0n) is 12.9. The highest BCUT2D eigenvalue weighted by atomic mass is 35.5. The second-order valence-corrected chi connectivity index (χ2v) is 7.17. The summed E-state index contributed by atoms with van der Waals surface area (Å²) in [6, 6.07) is 0.433. The summed E-state index contributed by atoms with van der Waals surface area (Å²) >= 11 is 5.78. The van der Waals surface area contributed by atoms with Crippen LogP contribution in [0.5, 0.6) is 0 Å². The van der Waals surface area contributed by atoms with Crippen LogP contribution in [0.1, 0.15) is 39.5 Å². The molecule has 0 amide bonds. The summed E-state index contributed by atoms with van der Waals surface area (Å²) in [6.45, 7) is 9.27. The number of hydrogen-bond acceptors (Lipinski definition) is 5. The molecule has 0 aromatic carbocycles. The molecular weight excluding hydrogens is 305 g/mol. The maximum atomic E-state index is 14.0.